The van der Waals surface area contributed by atoms with Gasteiger partial charge in [0, 0.05) is 11.5 Å². The van der Waals surface area contributed by atoms with Gasteiger partial charge >= 0.3 is 12.1 Å². The van der Waals surface area contributed by atoms with Gasteiger partial charge in [0.2, 0.25) is 0 Å². The molecule has 0 aliphatic carbocycles. The number of ether oxygens (including phenoxy) is 1. The Labute approximate surface area is 115 Å². The largest absolute Gasteiger partial charge is 0.480 e. The number of nitrogens with one attached hydrogen (secondary N) is 1. The summed E-state index contributed by atoms with van der Waals surface area (Å²) in [6.45, 7) is 3.46. The number of aliphatic carboxylic acids is 1. The van der Waals surface area contributed by atoms with Gasteiger partial charge in [-0.15, -0.1) is 0 Å². The molecule has 0 heterocycles. The van der Waals surface area contributed by atoms with Crippen molar-refractivity contribution < 1.29 is 19.4 Å². The van der Waals surface area contributed by atoms with Crippen molar-refractivity contribution in [2.45, 2.75) is 19.1 Å². The van der Waals surface area contributed by atoms with Crippen molar-refractivity contribution in [1.82, 2.24) is 5.32 Å². The molecule has 1 amide bonds. The Kier molecular flexibility index (Phi) is 5.89. The molecule has 6 heteroatoms. The standard InChI is InChI=1S/C13H14ClNO4/c1-9(14)7-11(12(16)17)15-13(18)19-8-10-5-3-2-4-6-10/h2-6,11H,1,7-8H2,(H,15,18)(H,16,17)/t11-/m1/s1. The van der Waals surface area contributed by atoms with Crippen molar-refractivity contribution in [2.24, 2.45) is 0 Å². The molecule has 0 aliphatic heterocycles. The number of carbonyl (C=O) groups is 2. The molecule has 0 radical (unpaired) electrons. The minimum absolute atomic E-state index is 0.0582. The molecular formula is C13H14ClNO4. The topological polar surface area (TPSA) is 75.6 Å². The second kappa shape index (κ2) is 7.43. The third-order valence-corrected chi connectivity index (χ3v) is 2.38. The monoisotopic (exact) mass is 283 g/mol. The quantitative estimate of drug-likeness (QED) is 0.841. The number of carbonyl (C=O) groups excluding carboxylic acids is 1. The number of hydrogen-bond donors (Lipinski definition) is 2. The molecule has 1 aromatic rings. The van der Waals surface area contributed by atoms with Crippen LogP contribution < -0.4 is 5.32 Å². The van der Waals surface area contributed by atoms with Crippen molar-refractivity contribution in [3.05, 3.63) is 47.5 Å². The van der Waals surface area contributed by atoms with Gasteiger partial charge in [0.25, 0.3) is 0 Å². The first-order valence-corrected chi connectivity index (χ1v) is 5.90. The minimum Gasteiger partial charge on any atom is -0.480 e. The first-order valence-electron chi connectivity index (χ1n) is 5.52. The van der Waals surface area contributed by atoms with Crippen LogP contribution in [0.5, 0.6) is 0 Å². The highest BCUT2D eigenvalue weighted by Gasteiger charge is 2.21. The van der Waals surface area contributed by atoms with E-state index < -0.39 is 18.1 Å². The summed E-state index contributed by atoms with van der Waals surface area (Å²) in [5.74, 6) is -1.20. The van der Waals surface area contributed by atoms with Gasteiger partial charge in [0.15, 0.2) is 0 Å². The van der Waals surface area contributed by atoms with Crippen LogP contribution in [0.25, 0.3) is 0 Å². The Bertz CT molecular complexity index is 461. The van der Waals surface area contributed by atoms with E-state index in [2.05, 4.69) is 11.9 Å². The Morgan fingerprint density at radius 3 is 2.53 bits per heavy atom. The average Bonchev–Trinajstić information content (AvgIpc) is 2.36. The first kappa shape index (κ1) is 15.0. The highest BCUT2D eigenvalue weighted by molar-refractivity contribution is 6.29. The van der Waals surface area contributed by atoms with Crippen molar-refractivity contribution in [2.75, 3.05) is 0 Å². The van der Waals surface area contributed by atoms with Crippen LogP contribution in [0.1, 0.15) is 12.0 Å². The number of hydrogen-bond acceptors (Lipinski definition) is 3. The number of carboxylic acid groups (broad SMARTS) is 1. The molecule has 0 fully saturated rings. The van der Waals surface area contributed by atoms with Gasteiger partial charge in [-0.25, -0.2) is 9.59 Å². The second-order valence-electron chi connectivity index (χ2n) is 3.82. The average molecular weight is 284 g/mol. The molecule has 0 bridgehead atoms. The van der Waals surface area contributed by atoms with E-state index in [1.807, 2.05) is 18.2 Å². The number of rotatable bonds is 6. The van der Waals surface area contributed by atoms with Crippen LogP contribution in [0, 0.1) is 0 Å². The fraction of sp³-hybridized carbons (Fsp3) is 0.231. The molecule has 2 N–H and O–H groups in total. The SMILES string of the molecule is C=C(Cl)C[C@@H](NC(=O)OCc1ccccc1)C(=O)O. The molecule has 19 heavy (non-hydrogen) atoms. The maximum atomic E-state index is 11.4. The van der Waals surface area contributed by atoms with Crippen molar-refractivity contribution >= 4 is 23.7 Å². The van der Waals surface area contributed by atoms with Crippen molar-refractivity contribution in [1.29, 1.82) is 0 Å². The van der Waals surface area contributed by atoms with Gasteiger partial charge in [0.05, 0.1) is 0 Å². The van der Waals surface area contributed by atoms with Gasteiger partial charge in [-0.2, -0.15) is 0 Å². The lowest BCUT2D eigenvalue weighted by atomic mass is 10.2. The summed E-state index contributed by atoms with van der Waals surface area (Å²) in [6, 6.07) is 7.91. The predicted octanol–water partition coefficient (Wildman–Crippen LogP) is 2.51. The van der Waals surface area contributed by atoms with Crippen LogP contribution in [-0.4, -0.2) is 23.2 Å². The number of carboxylic acids is 1. The fourth-order valence-corrected chi connectivity index (χ4v) is 1.48. The molecular weight excluding hydrogens is 270 g/mol. The molecule has 0 aliphatic rings. The molecule has 1 aromatic carbocycles. The maximum absolute atomic E-state index is 11.4. The summed E-state index contributed by atoms with van der Waals surface area (Å²) in [5.41, 5.74) is 0.811. The lowest BCUT2D eigenvalue weighted by molar-refractivity contribution is -0.139. The Morgan fingerprint density at radius 1 is 1.37 bits per heavy atom. The summed E-state index contributed by atoms with van der Waals surface area (Å²) in [4.78, 5) is 22.3. The van der Waals surface area contributed by atoms with Gasteiger partial charge in [-0.3, -0.25) is 0 Å². The fourth-order valence-electron chi connectivity index (χ4n) is 1.33. The van der Waals surface area contributed by atoms with E-state index in [0.717, 1.165) is 5.56 Å². The van der Waals surface area contributed by atoms with Crippen LogP contribution in [0.15, 0.2) is 41.9 Å². The number of amides is 1. The smallest absolute Gasteiger partial charge is 0.408 e. The Morgan fingerprint density at radius 2 is 2.00 bits per heavy atom. The zero-order valence-electron chi connectivity index (χ0n) is 10.1. The lowest BCUT2D eigenvalue weighted by Crippen LogP contribution is -2.41. The third kappa shape index (κ3) is 5.92. The van der Waals surface area contributed by atoms with E-state index in [9.17, 15) is 9.59 Å². The molecule has 0 aromatic heterocycles. The van der Waals surface area contributed by atoms with Crippen LogP contribution in [0.3, 0.4) is 0 Å². The number of benzene rings is 1. The molecule has 102 valence electrons. The van der Waals surface area contributed by atoms with Crippen LogP contribution in [-0.2, 0) is 16.1 Å². The zero-order chi connectivity index (χ0) is 14.3. The highest BCUT2D eigenvalue weighted by atomic mass is 35.5. The number of alkyl carbamates (subject to hydrolysis) is 1. The highest BCUT2D eigenvalue weighted by Crippen LogP contribution is 2.08. The summed E-state index contributed by atoms with van der Waals surface area (Å²) in [5, 5.41) is 11.2. The van der Waals surface area contributed by atoms with Crippen LogP contribution in [0.4, 0.5) is 4.79 Å². The molecule has 0 unspecified atom stereocenters. The third-order valence-electron chi connectivity index (χ3n) is 2.23. The van der Waals surface area contributed by atoms with Crippen LogP contribution in [0.2, 0.25) is 0 Å². The molecule has 0 saturated carbocycles. The minimum atomic E-state index is -1.20. The lowest BCUT2D eigenvalue weighted by Gasteiger charge is -2.13. The van der Waals surface area contributed by atoms with Crippen molar-refractivity contribution in [3.8, 4) is 0 Å². The Balaban J connectivity index is 2.45. The van der Waals surface area contributed by atoms with Crippen LogP contribution >= 0.6 is 11.6 Å². The van der Waals surface area contributed by atoms with Gasteiger partial charge in [0.1, 0.15) is 12.6 Å². The normalized spacial score (nSPS) is 11.4. The first-order chi connectivity index (χ1) is 8.99. The van der Waals surface area contributed by atoms with Gasteiger partial charge in [-0.05, 0) is 5.56 Å². The molecule has 1 atom stereocenters. The summed E-state index contributed by atoms with van der Waals surface area (Å²) < 4.78 is 4.90. The van der Waals surface area contributed by atoms with E-state index in [0.29, 0.717) is 0 Å². The van der Waals surface area contributed by atoms with E-state index in [-0.39, 0.29) is 18.1 Å². The summed E-state index contributed by atoms with van der Waals surface area (Å²) >= 11 is 5.52. The molecule has 0 saturated heterocycles. The number of halogens is 1. The Hall–Kier alpha value is -2.01. The van der Waals surface area contributed by atoms with Crippen molar-refractivity contribution in [3.63, 3.8) is 0 Å². The van der Waals surface area contributed by atoms with Gasteiger partial charge < -0.3 is 15.2 Å². The second-order valence-corrected chi connectivity index (χ2v) is 4.35. The van der Waals surface area contributed by atoms with E-state index >= 15 is 0 Å². The zero-order valence-corrected chi connectivity index (χ0v) is 10.9. The van der Waals surface area contributed by atoms with E-state index in [4.69, 9.17) is 21.4 Å². The van der Waals surface area contributed by atoms with E-state index in [1.165, 1.54) is 0 Å². The summed E-state index contributed by atoms with van der Waals surface area (Å²) in [7, 11) is 0. The maximum Gasteiger partial charge on any atom is 0.408 e. The molecule has 1 rings (SSSR count). The molecule has 0 spiro atoms. The summed E-state index contributed by atoms with van der Waals surface area (Å²) in [6.07, 6.45) is -0.869. The van der Waals surface area contributed by atoms with E-state index in [1.54, 1.807) is 12.1 Å². The van der Waals surface area contributed by atoms with Gasteiger partial charge in [-0.1, -0.05) is 48.5 Å². The predicted molar refractivity (Wildman–Crippen MR) is 70.8 cm³/mol. The molecule has 5 nitrogen and oxygen atoms in total.